The number of imide groups is 1. The largest absolute Gasteiger partial charge is 0.368 e. The molecule has 3 aliphatic rings. The molecule has 2 aromatic rings. The van der Waals surface area contributed by atoms with Crippen LogP contribution >= 0.6 is 0 Å². The van der Waals surface area contributed by atoms with E-state index in [1.807, 2.05) is 11.0 Å². The molecule has 0 radical (unpaired) electrons. The molecule has 33 heavy (non-hydrogen) atoms. The van der Waals surface area contributed by atoms with Crippen LogP contribution in [0.25, 0.3) is 0 Å². The number of carbonyl (C=O) groups is 3. The summed E-state index contributed by atoms with van der Waals surface area (Å²) in [5.41, 5.74) is 1.52. The fraction of sp³-hybridized carbons (Fsp3) is 0.400. The molecule has 7 nitrogen and oxygen atoms in total. The average molecular weight is 451 g/mol. The van der Waals surface area contributed by atoms with Gasteiger partial charge in [0.05, 0.1) is 11.6 Å². The van der Waals surface area contributed by atoms with E-state index in [1.54, 1.807) is 36.4 Å². The van der Waals surface area contributed by atoms with Crippen LogP contribution in [0.3, 0.4) is 0 Å². The van der Waals surface area contributed by atoms with Gasteiger partial charge >= 0.3 is 6.03 Å². The number of hydrogen-bond acceptors (Lipinski definition) is 4. The van der Waals surface area contributed by atoms with Crippen LogP contribution in [0.2, 0.25) is 0 Å². The van der Waals surface area contributed by atoms with E-state index in [9.17, 15) is 18.8 Å². The molecule has 8 heteroatoms. The van der Waals surface area contributed by atoms with Crippen LogP contribution in [0.15, 0.2) is 54.6 Å². The number of piperazine rings is 1. The topological polar surface area (TPSA) is 73.0 Å². The van der Waals surface area contributed by atoms with Crippen LogP contribution < -0.4 is 15.1 Å². The quantitative estimate of drug-likeness (QED) is 0.780. The predicted molar refractivity (Wildman–Crippen MR) is 122 cm³/mol. The van der Waals surface area contributed by atoms with Crippen molar-refractivity contribution < 1.29 is 18.8 Å². The Morgan fingerprint density at radius 1 is 0.879 bits per heavy atom. The number of fused-ring (bicyclic) bond motifs is 1. The second-order valence-electron chi connectivity index (χ2n) is 8.97. The smallest absolute Gasteiger partial charge is 0.328 e. The highest BCUT2D eigenvalue weighted by atomic mass is 19.1. The van der Waals surface area contributed by atoms with Gasteiger partial charge in [0.25, 0.3) is 0 Å². The zero-order chi connectivity index (χ0) is 22.9. The third kappa shape index (κ3) is 4.17. The van der Waals surface area contributed by atoms with Crippen LogP contribution in [-0.4, -0.2) is 55.0 Å². The molecule has 3 fully saturated rings. The van der Waals surface area contributed by atoms with E-state index in [0.29, 0.717) is 51.1 Å². The van der Waals surface area contributed by atoms with E-state index in [-0.39, 0.29) is 35.5 Å². The molecule has 3 atom stereocenters. The molecule has 0 aromatic heterocycles. The first-order chi connectivity index (χ1) is 16.0. The van der Waals surface area contributed by atoms with E-state index in [4.69, 9.17) is 0 Å². The maximum atomic E-state index is 13.2. The standard InChI is InChI=1S/C25H27FN4O3/c26-18-7-9-19(10-8-18)28-12-14-29(15-13-28)23(31)17-6-11-21-22(16-17)27-25(33)30(24(21)32)20-4-2-1-3-5-20/h1-5,7-10,17,21-22H,6,11-16H2,(H,27,33). The van der Waals surface area contributed by atoms with Crippen molar-refractivity contribution in [2.75, 3.05) is 36.0 Å². The average Bonchev–Trinajstić information content (AvgIpc) is 2.84. The number of benzene rings is 2. The molecule has 2 saturated heterocycles. The third-order valence-corrected chi connectivity index (χ3v) is 7.05. The van der Waals surface area contributed by atoms with Crippen LogP contribution in [0, 0.1) is 17.7 Å². The molecule has 1 N–H and O–H groups in total. The van der Waals surface area contributed by atoms with Crippen molar-refractivity contribution in [2.45, 2.75) is 25.3 Å². The van der Waals surface area contributed by atoms with Gasteiger partial charge < -0.3 is 15.1 Å². The highest BCUT2D eigenvalue weighted by Crippen LogP contribution is 2.35. The number of amides is 4. The normalized spacial score (nSPS) is 25.5. The number of nitrogens with one attached hydrogen (secondary N) is 1. The van der Waals surface area contributed by atoms with E-state index in [2.05, 4.69) is 10.2 Å². The number of nitrogens with zero attached hydrogens (tertiary/aromatic N) is 3. The number of para-hydroxylation sites is 1. The minimum atomic E-state index is -0.423. The Hall–Kier alpha value is -3.42. The lowest BCUT2D eigenvalue weighted by Crippen LogP contribution is -2.62. The van der Waals surface area contributed by atoms with Gasteiger partial charge in [-0.05, 0) is 55.7 Å². The monoisotopic (exact) mass is 450 g/mol. The fourth-order valence-corrected chi connectivity index (χ4v) is 5.26. The number of rotatable bonds is 3. The molecular formula is C25H27FN4O3. The van der Waals surface area contributed by atoms with Gasteiger partial charge in [0.1, 0.15) is 5.82 Å². The third-order valence-electron chi connectivity index (χ3n) is 7.05. The van der Waals surface area contributed by atoms with Crippen LogP contribution in [0.4, 0.5) is 20.6 Å². The summed E-state index contributed by atoms with van der Waals surface area (Å²) < 4.78 is 13.2. The van der Waals surface area contributed by atoms with E-state index in [0.717, 1.165) is 5.69 Å². The number of carbonyl (C=O) groups excluding carboxylic acids is 3. The van der Waals surface area contributed by atoms with Crippen LogP contribution in [0.5, 0.6) is 0 Å². The molecule has 2 aromatic carbocycles. The van der Waals surface area contributed by atoms with Gasteiger partial charge in [0.2, 0.25) is 11.8 Å². The number of hydrogen-bond donors (Lipinski definition) is 1. The zero-order valence-electron chi connectivity index (χ0n) is 18.3. The zero-order valence-corrected chi connectivity index (χ0v) is 18.3. The lowest BCUT2D eigenvalue weighted by molar-refractivity contribution is -0.139. The minimum Gasteiger partial charge on any atom is -0.368 e. The van der Waals surface area contributed by atoms with Crippen molar-refractivity contribution >= 4 is 29.2 Å². The lowest BCUT2D eigenvalue weighted by Gasteiger charge is -2.43. The molecule has 4 amide bonds. The van der Waals surface area contributed by atoms with Gasteiger partial charge in [-0.25, -0.2) is 14.1 Å². The second-order valence-corrected chi connectivity index (χ2v) is 8.97. The van der Waals surface area contributed by atoms with Crippen LogP contribution in [0.1, 0.15) is 19.3 Å². The maximum absolute atomic E-state index is 13.2. The first-order valence-corrected chi connectivity index (χ1v) is 11.5. The summed E-state index contributed by atoms with van der Waals surface area (Å²) in [6.07, 6.45) is 1.71. The SMILES string of the molecule is O=C(C1CCC2C(=O)N(c3ccccc3)C(=O)NC2C1)N1CCN(c2ccc(F)cc2)CC1. The Bertz CT molecular complexity index is 1040. The van der Waals surface area contributed by atoms with E-state index < -0.39 is 6.03 Å². The lowest BCUT2D eigenvalue weighted by atomic mass is 9.76. The highest BCUT2D eigenvalue weighted by Gasteiger charge is 2.46. The van der Waals surface area contributed by atoms with Crippen molar-refractivity contribution in [3.63, 3.8) is 0 Å². The number of halogens is 1. The summed E-state index contributed by atoms with van der Waals surface area (Å²) >= 11 is 0. The Morgan fingerprint density at radius 2 is 1.58 bits per heavy atom. The van der Waals surface area contributed by atoms with Gasteiger partial charge in [-0.15, -0.1) is 0 Å². The molecule has 0 spiro atoms. The van der Waals surface area contributed by atoms with Crippen molar-refractivity contribution in [2.24, 2.45) is 11.8 Å². The summed E-state index contributed by atoms with van der Waals surface area (Å²) in [5.74, 6) is -0.848. The van der Waals surface area contributed by atoms with Gasteiger partial charge in [-0.1, -0.05) is 18.2 Å². The van der Waals surface area contributed by atoms with Crippen molar-refractivity contribution in [3.05, 3.63) is 60.4 Å². The number of urea groups is 1. The second kappa shape index (κ2) is 8.84. The first-order valence-electron chi connectivity index (χ1n) is 11.5. The summed E-state index contributed by atoms with van der Waals surface area (Å²) in [7, 11) is 0. The van der Waals surface area contributed by atoms with Gasteiger partial charge in [-0.3, -0.25) is 9.59 Å². The van der Waals surface area contributed by atoms with Gasteiger partial charge in [-0.2, -0.15) is 0 Å². The Balaban J connectivity index is 1.19. The highest BCUT2D eigenvalue weighted by molar-refractivity contribution is 6.17. The summed E-state index contributed by atoms with van der Waals surface area (Å²) in [5, 5.41) is 2.97. The summed E-state index contributed by atoms with van der Waals surface area (Å²) in [4.78, 5) is 44.2. The van der Waals surface area contributed by atoms with Gasteiger partial charge in [0, 0.05) is 43.8 Å². The van der Waals surface area contributed by atoms with Gasteiger partial charge in [0.15, 0.2) is 0 Å². The Labute approximate surface area is 192 Å². The molecule has 2 heterocycles. The molecule has 0 bridgehead atoms. The summed E-state index contributed by atoms with van der Waals surface area (Å²) in [6.45, 7) is 2.59. The molecule has 3 unspecified atom stereocenters. The van der Waals surface area contributed by atoms with Crippen molar-refractivity contribution in [1.29, 1.82) is 0 Å². The molecular weight excluding hydrogens is 423 g/mol. The van der Waals surface area contributed by atoms with Crippen molar-refractivity contribution in [3.8, 4) is 0 Å². The Morgan fingerprint density at radius 3 is 2.27 bits per heavy atom. The summed E-state index contributed by atoms with van der Waals surface area (Å²) in [6, 6.07) is 14.6. The minimum absolute atomic E-state index is 0.0967. The first kappa shape index (κ1) is 21.4. The fourth-order valence-electron chi connectivity index (χ4n) is 5.26. The predicted octanol–water partition coefficient (Wildman–Crippen LogP) is 3.02. The van der Waals surface area contributed by atoms with Crippen molar-refractivity contribution in [1.82, 2.24) is 10.2 Å². The molecule has 1 aliphatic carbocycles. The Kier molecular flexibility index (Phi) is 5.74. The molecule has 1 saturated carbocycles. The molecule has 2 aliphatic heterocycles. The number of anilines is 2. The van der Waals surface area contributed by atoms with E-state index in [1.165, 1.54) is 17.0 Å². The van der Waals surface area contributed by atoms with E-state index >= 15 is 0 Å². The molecule has 5 rings (SSSR count). The molecule has 172 valence electrons. The maximum Gasteiger partial charge on any atom is 0.328 e. The van der Waals surface area contributed by atoms with Crippen LogP contribution in [-0.2, 0) is 9.59 Å².